The van der Waals surface area contributed by atoms with Crippen molar-refractivity contribution in [2.75, 3.05) is 18.9 Å². The maximum atomic E-state index is 12.4. The van der Waals surface area contributed by atoms with Crippen LogP contribution in [0.25, 0.3) is 0 Å². The summed E-state index contributed by atoms with van der Waals surface area (Å²) in [6.07, 6.45) is 0. The first kappa shape index (κ1) is 16.7. The molecule has 0 spiro atoms. The van der Waals surface area contributed by atoms with Crippen LogP contribution < -0.4 is 5.32 Å². The first-order chi connectivity index (χ1) is 10.8. The van der Waals surface area contributed by atoms with Crippen LogP contribution in [0.3, 0.4) is 0 Å². The molecule has 122 valence electrons. The maximum absolute atomic E-state index is 12.4. The Hall–Kier alpha value is -2.63. The van der Waals surface area contributed by atoms with Crippen molar-refractivity contribution in [1.29, 1.82) is 0 Å². The van der Waals surface area contributed by atoms with E-state index in [1.165, 1.54) is 4.90 Å². The molecule has 1 heterocycles. The van der Waals surface area contributed by atoms with E-state index in [-0.39, 0.29) is 18.4 Å². The van der Waals surface area contributed by atoms with E-state index in [0.717, 1.165) is 16.8 Å². The lowest BCUT2D eigenvalue weighted by Crippen LogP contribution is -2.35. The van der Waals surface area contributed by atoms with E-state index in [9.17, 15) is 9.59 Å². The number of aromatic nitrogens is 1. The summed E-state index contributed by atoms with van der Waals surface area (Å²) in [7, 11) is 1.58. The summed E-state index contributed by atoms with van der Waals surface area (Å²) in [6, 6.07) is 5.80. The fourth-order valence-corrected chi connectivity index (χ4v) is 2.46. The standard InChI is InChI=1S/C17H21N3O3/c1-10-7-6-8-11(2)16(10)18-14(21)9-20(5)17(22)15-12(3)19-23-13(15)4/h6-8H,9H2,1-5H3,(H,18,21). The number of hydrogen-bond acceptors (Lipinski definition) is 4. The van der Waals surface area contributed by atoms with Crippen molar-refractivity contribution in [3.8, 4) is 0 Å². The molecule has 6 heteroatoms. The molecular formula is C17H21N3O3. The van der Waals surface area contributed by atoms with Gasteiger partial charge in [-0.1, -0.05) is 23.4 Å². The summed E-state index contributed by atoms with van der Waals surface area (Å²) in [5.74, 6) is -0.0718. The lowest BCUT2D eigenvalue weighted by Gasteiger charge is -2.18. The van der Waals surface area contributed by atoms with Crippen molar-refractivity contribution in [2.45, 2.75) is 27.7 Å². The Morgan fingerprint density at radius 3 is 2.30 bits per heavy atom. The van der Waals surface area contributed by atoms with E-state index in [1.807, 2.05) is 32.0 Å². The van der Waals surface area contributed by atoms with Crippen LogP contribution in [-0.4, -0.2) is 35.5 Å². The zero-order valence-corrected chi connectivity index (χ0v) is 14.1. The van der Waals surface area contributed by atoms with Crippen molar-refractivity contribution in [3.05, 3.63) is 46.3 Å². The number of nitrogens with zero attached hydrogens (tertiary/aromatic N) is 2. The Morgan fingerprint density at radius 2 is 1.78 bits per heavy atom. The lowest BCUT2D eigenvalue weighted by molar-refractivity contribution is -0.116. The number of anilines is 1. The van der Waals surface area contributed by atoms with Gasteiger partial charge >= 0.3 is 0 Å². The molecule has 0 fully saturated rings. The first-order valence-corrected chi connectivity index (χ1v) is 7.35. The van der Waals surface area contributed by atoms with Crippen LogP contribution in [0, 0.1) is 27.7 Å². The molecule has 0 saturated carbocycles. The summed E-state index contributed by atoms with van der Waals surface area (Å²) >= 11 is 0. The molecule has 0 aliphatic carbocycles. The predicted molar refractivity (Wildman–Crippen MR) is 87.5 cm³/mol. The number of carbonyl (C=O) groups excluding carboxylic acids is 2. The summed E-state index contributed by atoms with van der Waals surface area (Å²) in [5.41, 5.74) is 3.69. The van der Waals surface area contributed by atoms with Crippen LogP contribution in [0.15, 0.2) is 22.7 Å². The van der Waals surface area contributed by atoms with Crippen molar-refractivity contribution >= 4 is 17.5 Å². The molecule has 23 heavy (non-hydrogen) atoms. The lowest BCUT2D eigenvalue weighted by atomic mass is 10.1. The van der Waals surface area contributed by atoms with Gasteiger partial charge in [0.15, 0.2) is 0 Å². The quantitative estimate of drug-likeness (QED) is 0.941. The second kappa shape index (κ2) is 6.64. The van der Waals surface area contributed by atoms with E-state index in [1.54, 1.807) is 20.9 Å². The highest BCUT2D eigenvalue weighted by Gasteiger charge is 2.22. The van der Waals surface area contributed by atoms with Crippen LogP contribution in [0.5, 0.6) is 0 Å². The van der Waals surface area contributed by atoms with Crippen molar-refractivity contribution in [1.82, 2.24) is 10.1 Å². The average Bonchev–Trinajstić information content (AvgIpc) is 2.81. The molecular weight excluding hydrogens is 294 g/mol. The largest absolute Gasteiger partial charge is 0.361 e. The number of likely N-dealkylation sites (N-methyl/N-ethyl adjacent to an activating group) is 1. The van der Waals surface area contributed by atoms with Gasteiger partial charge in [0.05, 0.1) is 12.2 Å². The topological polar surface area (TPSA) is 75.4 Å². The second-order valence-corrected chi connectivity index (χ2v) is 5.68. The van der Waals surface area contributed by atoms with E-state index >= 15 is 0 Å². The second-order valence-electron chi connectivity index (χ2n) is 5.68. The molecule has 6 nitrogen and oxygen atoms in total. The minimum Gasteiger partial charge on any atom is -0.361 e. The molecule has 0 atom stereocenters. The number of hydrogen-bond donors (Lipinski definition) is 1. The van der Waals surface area contributed by atoms with Gasteiger partial charge in [-0.25, -0.2) is 0 Å². The third-order valence-corrected chi connectivity index (χ3v) is 3.72. The van der Waals surface area contributed by atoms with Crippen LogP contribution in [0.2, 0.25) is 0 Å². The number of amides is 2. The van der Waals surface area contributed by atoms with Gasteiger partial charge < -0.3 is 14.7 Å². The molecule has 2 rings (SSSR count). The van der Waals surface area contributed by atoms with Crippen LogP contribution >= 0.6 is 0 Å². The highest BCUT2D eigenvalue weighted by atomic mass is 16.5. The number of nitrogens with one attached hydrogen (secondary N) is 1. The van der Waals surface area contributed by atoms with Crippen LogP contribution in [0.4, 0.5) is 5.69 Å². The molecule has 1 aromatic heterocycles. The molecule has 0 saturated heterocycles. The van der Waals surface area contributed by atoms with E-state index in [0.29, 0.717) is 17.0 Å². The summed E-state index contributed by atoms with van der Waals surface area (Å²) in [6.45, 7) is 7.20. The molecule has 0 aliphatic rings. The van der Waals surface area contributed by atoms with Gasteiger partial charge in [-0.15, -0.1) is 0 Å². The number of aryl methyl sites for hydroxylation is 4. The number of rotatable bonds is 4. The van der Waals surface area contributed by atoms with Gasteiger partial charge in [-0.3, -0.25) is 9.59 Å². The van der Waals surface area contributed by atoms with Gasteiger partial charge in [-0.2, -0.15) is 0 Å². The van der Waals surface area contributed by atoms with Gasteiger partial charge in [-0.05, 0) is 38.8 Å². The Bertz CT molecular complexity index is 710. The minimum atomic E-state index is -0.280. The van der Waals surface area contributed by atoms with Gasteiger partial charge in [0.2, 0.25) is 5.91 Å². The van der Waals surface area contributed by atoms with Gasteiger partial charge in [0.1, 0.15) is 11.3 Å². The first-order valence-electron chi connectivity index (χ1n) is 7.35. The van der Waals surface area contributed by atoms with Crippen molar-refractivity contribution in [3.63, 3.8) is 0 Å². The monoisotopic (exact) mass is 315 g/mol. The molecule has 0 radical (unpaired) electrons. The zero-order chi connectivity index (χ0) is 17.1. The molecule has 1 N–H and O–H groups in total. The maximum Gasteiger partial charge on any atom is 0.259 e. The normalized spacial score (nSPS) is 10.5. The summed E-state index contributed by atoms with van der Waals surface area (Å²) in [4.78, 5) is 26.0. The predicted octanol–water partition coefficient (Wildman–Crippen LogP) is 2.62. The number of carbonyl (C=O) groups is 2. The fourth-order valence-electron chi connectivity index (χ4n) is 2.46. The molecule has 0 aliphatic heterocycles. The molecule has 2 amide bonds. The number of para-hydroxylation sites is 1. The van der Waals surface area contributed by atoms with Gasteiger partial charge in [0, 0.05) is 12.7 Å². The third-order valence-electron chi connectivity index (χ3n) is 3.72. The SMILES string of the molecule is Cc1cccc(C)c1NC(=O)CN(C)C(=O)c1c(C)noc1C. The minimum absolute atomic E-state index is 0.0450. The number of benzene rings is 1. The van der Waals surface area contributed by atoms with Gasteiger partial charge in [0.25, 0.3) is 5.91 Å². The zero-order valence-electron chi connectivity index (χ0n) is 14.1. The van der Waals surface area contributed by atoms with Crippen molar-refractivity contribution < 1.29 is 14.1 Å². The highest BCUT2D eigenvalue weighted by molar-refractivity contribution is 6.00. The molecule has 2 aromatic rings. The van der Waals surface area contributed by atoms with Crippen molar-refractivity contribution in [2.24, 2.45) is 0 Å². The van der Waals surface area contributed by atoms with E-state index < -0.39 is 0 Å². The smallest absolute Gasteiger partial charge is 0.259 e. The third kappa shape index (κ3) is 3.59. The fraction of sp³-hybridized carbons (Fsp3) is 0.353. The average molecular weight is 315 g/mol. The Labute approximate surface area is 135 Å². The highest BCUT2D eigenvalue weighted by Crippen LogP contribution is 2.19. The van der Waals surface area contributed by atoms with Crippen LogP contribution in [0.1, 0.15) is 32.9 Å². The van der Waals surface area contributed by atoms with E-state index in [2.05, 4.69) is 10.5 Å². The van der Waals surface area contributed by atoms with E-state index in [4.69, 9.17) is 4.52 Å². The Kier molecular flexibility index (Phi) is 4.83. The molecule has 1 aromatic carbocycles. The molecule has 0 unspecified atom stereocenters. The summed E-state index contributed by atoms with van der Waals surface area (Å²) < 4.78 is 5.00. The molecule has 0 bridgehead atoms. The Morgan fingerprint density at radius 1 is 1.17 bits per heavy atom. The summed E-state index contributed by atoms with van der Waals surface area (Å²) in [5, 5.41) is 6.63. The van der Waals surface area contributed by atoms with Crippen LogP contribution in [-0.2, 0) is 4.79 Å². The Balaban J connectivity index is 2.07.